The zero-order valence-corrected chi connectivity index (χ0v) is 10.6. The Hall–Kier alpha value is -0.380. The first-order valence-corrected chi connectivity index (χ1v) is 6.52. The predicted octanol–water partition coefficient (Wildman–Crippen LogP) is 2.66. The van der Waals surface area contributed by atoms with Gasteiger partial charge in [0.15, 0.2) is 0 Å². The van der Waals surface area contributed by atoms with Gasteiger partial charge in [0, 0.05) is 22.3 Å². The smallest absolute Gasteiger partial charge is 0.0299 e. The molecule has 1 unspecified atom stereocenters. The van der Waals surface area contributed by atoms with E-state index >= 15 is 0 Å². The highest BCUT2D eigenvalue weighted by Crippen LogP contribution is 2.14. The first-order chi connectivity index (χ1) is 7.18. The van der Waals surface area contributed by atoms with E-state index in [2.05, 4.69) is 31.3 Å². The summed E-state index contributed by atoms with van der Waals surface area (Å²) in [5.41, 5.74) is 5.68. The van der Waals surface area contributed by atoms with Crippen molar-refractivity contribution in [2.45, 2.75) is 45.7 Å². The second-order valence-corrected chi connectivity index (χ2v) is 5.53. The molecule has 1 rings (SSSR count). The van der Waals surface area contributed by atoms with E-state index in [4.69, 9.17) is 5.73 Å². The molecular formula is C12H22N2S. The molecule has 1 aromatic rings. The maximum absolute atomic E-state index is 5.68. The Morgan fingerprint density at radius 2 is 2.20 bits per heavy atom. The van der Waals surface area contributed by atoms with E-state index in [0.717, 1.165) is 19.5 Å². The third kappa shape index (κ3) is 5.92. The normalized spacial score (nSPS) is 13.0. The number of hydrogen-bond donors (Lipinski definition) is 2. The summed E-state index contributed by atoms with van der Waals surface area (Å²) >= 11 is 1.87. The molecule has 1 aromatic heterocycles. The minimum Gasteiger partial charge on any atom is -0.328 e. The number of nitrogens with one attached hydrogen (secondary N) is 1. The number of aryl methyl sites for hydroxylation is 1. The van der Waals surface area contributed by atoms with Gasteiger partial charge in [-0.15, -0.1) is 11.3 Å². The van der Waals surface area contributed by atoms with Crippen LogP contribution in [0, 0.1) is 6.92 Å². The van der Waals surface area contributed by atoms with Gasteiger partial charge in [-0.25, -0.2) is 0 Å². The average molecular weight is 226 g/mol. The SMILES string of the molecule is Cc1ccc(CNCCCCC(C)N)s1. The van der Waals surface area contributed by atoms with Gasteiger partial charge < -0.3 is 11.1 Å². The van der Waals surface area contributed by atoms with Gasteiger partial charge in [-0.3, -0.25) is 0 Å². The summed E-state index contributed by atoms with van der Waals surface area (Å²) < 4.78 is 0. The predicted molar refractivity (Wildman–Crippen MR) is 68.3 cm³/mol. The molecule has 0 fully saturated rings. The summed E-state index contributed by atoms with van der Waals surface area (Å²) in [5, 5.41) is 3.46. The molecule has 3 heteroatoms. The van der Waals surface area contributed by atoms with Crippen molar-refractivity contribution >= 4 is 11.3 Å². The van der Waals surface area contributed by atoms with Crippen molar-refractivity contribution in [2.24, 2.45) is 5.73 Å². The molecule has 0 spiro atoms. The van der Waals surface area contributed by atoms with Crippen molar-refractivity contribution in [2.75, 3.05) is 6.54 Å². The molecule has 86 valence electrons. The van der Waals surface area contributed by atoms with Gasteiger partial charge >= 0.3 is 0 Å². The van der Waals surface area contributed by atoms with Crippen molar-refractivity contribution in [1.82, 2.24) is 5.32 Å². The Morgan fingerprint density at radius 1 is 1.40 bits per heavy atom. The Balaban J connectivity index is 1.98. The van der Waals surface area contributed by atoms with Gasteiger partial charge in [-0.2, -0.15) is 0 Å². The molecule has 1 heterocycles. The summed E-state index contributed by atoms with van der Waals surface area (Å²) in [6.45, 7) is 6.33. The summed E-state index contributed by atoms with van der Waals surface area (Å²) in [7, 11) is 0. The molecule has 2 nitrogen and oxygen atoms in total. The van der Waals surface area contributed by atoms with Crippen LogP contribution >= 0.6 is 11.3 Å². The lowest BCUT2D eigenvalue weighted by molar-refractivity contribution is 0.565. The third-order valence-corrected chi connectivity index (χ3v) is 3.36. The molecular weight excluding hydrogens is 204 g/mol. The Kier molecular flexibility index (Phi) is 5.91. The van der Waals surface area contributed by atoms with Crippen molar-refractivity contribution in [3.05, 3.63) is 21.9 Å². The van der Waals surface area contributed by atoms with Crippen LogP contribution in [0.2, 0.25) is 0 Å². The summed E-state index contributed by atoms with van der Waals surface area (Å²) in [4.78, 5) is 2.82. The van der Waals surface area contributed by atoms with Crippen LogP contribution in [0.5, 0.6) is 0 Å². The quantitative estimate of drug-likeness (QED) is 0.702. The number of thiophene rings is 1. The average Bonchev–Trinajstić information content (AvgIpc) is 2.57. The lowest BCUT2D eigenvalue weighted by Crippen LogP contribution is -2.17. The van der Waals surface area contributed by atoms with E-state index in [1.165, 1.54) is 22.6 Å². The van der Waals surface area contributed by atoms with Crippen LogP contribution in [0.4, 0.5) is 0 Å². The fraction of sp³-hybridized carbons (Fsp3) is 0.667. The molecule has 0 radical (unpaired) electrons. The van der Waals surface area contributed by atoms with Crippen LogP contribution in [0.3, 0.4) is 0 Å². The number of rotatable bonds is 7. The van der Waals surface area contributed by atoms with Crippen LogP contribution in [0.15, 0.2) is 12.1 Å². The molecule has 0 bridgehead atoms. The fourth-order valence-corrected chi connectivity index (χ4v) is 2.37. The zero-order valence-electron chi connectivity index (χ0n) is 9.75. The van der Waals surface area contributed by atoms with Crippen molar-refractivity contribution in [1.29, 1.82) is 0 Å². The number of hydrogen-bond acceptors (Lipinski definition) is 3. The maximum Gasteiger partial charge on any atom is 0.0299 e. The van der Waals surface area contributed by atoms with Gasteiger partial charge in [-0.05, 0) is 45.4 Å². The monoisotopic (exact) mass is 226 g/mol. The highest BCUT2D eigenvalue weighted by atomic mass is 32.1. The van der Waals surface area contributed by atoms with E-state index in [1.54, 1.807) is 0 Å². The van der Waals surface area contributed by atoms with Gasteiger partial charge in [0.1, 0.15) is 0 Å². The number of unbranched alkanes of at least 4 members (excludes halogenated alkanes) is 1. The van der Waals surface area contributed by atoms with Gasteiger partial charge in [0.25, 0.3) is 0 Å². The topological polar surface area (TPSA) is 38.0 Å². The lowest BCUT2D eigenvalue weighted by Gasteiger charge is -2.05. The Labute approximate surface area is 96.9 Å². The zero-order chi connectivity index (χ0) is 11.1. The highest BCUT2D eigenvalue weighted by molar-refractivity contribution is 7.11. The van der Waals surface area contributed by atoms with Crippen LogP contribution in [0.25, 0.3) is 0 Å². The fourth-order valence-electron chi connectivity index (χ4n) is 1.51. The minimum atomic E-state index is 0.352. The lowest BCUT2D eigenvalue weighted by atomic mass is 10.1. The van der Waals surface area contributed by atoms with Crippen LogP contribution < -0.4 is 11.1 Å². The summed E-state index contributed by atoms with van der Waals surface area (Å²) in [5.74, 6) is 0. The first-order valence-electron chi connectivity index (χ1n) is 5.70. The van der Waals surface area contributed by atoms with Crippen molar-refractivity contribution in [3.63, 3.8) is 0 Å². The molecule has 0 amide bonds. The van der Waals surface area contributed by atoms with E-state index in [-0.39, 0.29) is 0 Å². The largest absolute Gasteiger partial charge is 0.328 e. The molecule has 0 aliphatic rings. The maximum atomic E-state index is 5.68. The number of nitrogens with two attached hydrogens (primary N) is 1. The Morgan fingerprint density at radius 3 is 2.80 bits per heavy atom. The highest BCUT2D eigenvalue weighted by Gasteiger charge is 1.96. The third-order valence-electron chi connectivity index (χ3n) is 2.36. The van der Waals surface area contributed by atoms with Gasteiger partial charge in [0.05, 0.1) is 0 Å². The summed E-state index contributed by atoms with van der Waals surface area (Å²) in [6.07, 6.45) is 3.60. The molecule has 0 saturated heterocycles. The van der Waals surface area contributed by atoms with Crippen LogP contribution in [0.1, 0.15) is 35.9 Å². The van der Waals surface area contributed by atoms with Crippen LogP contribution in [-0.4, -0.2) is 12.6 Å². The van der Waals surface area contributed by atoms with E-state index in [0.29, 0.717) is 6.04 Å². The van der Waals surface area contributed by atoms with Crippen LogP contribution in [-0.2, 0) is 6.54 Å². The molecule has 15 heavy (non-hydrogen) atoms. The van der Waals surface area contributed by atoms with Gasteiger partial charge in [0.2, 0.25) is 0 Å². The van der Waals surface area contributed by atoms with Crippen molar-refractivity contribution in [3.8, 4) is 0 Å². The molecule has 0 aliphatic heterocycles. The van der Waals surface area contributed by atoms with E-state index in [1.807, 2.05) is 11.3 Å². The van der Waals surface area contributed by atoms with Crippen molar-refractivity contribution < 1.29 is 0 Å². The second-order valence-electron chi connectivity index (χ2n) is 4.16. The van der Waals surface area contributed by atoms with E-state index in [9.17, 15) is 0 Å². The molecule has 1 atom stereocenters. The summed E-state index contributed by atoms with van der Waals surface area (Å²) in [6, 6.07) is 4.73. The Bertz CT molecular complexity index is 268. The standard InChI is InChI=1S/C12H22N2S/c1-10(13)5-3-4-8-14-9-12-7-6-11(2)15-12/h6-7,10,14H,3-5,8-9,13H2,1-2H3. The molecule has 0 saturated carbocycles. The van der Waals surface area contributed by atoms with E-state index < -0.39 is 0 Å². The molecule has 0 aliphatic carbocycles. The molecule has 0 aromatic carbocycles. The van der Waals surface area contributed by atoms with Gasteiger partial charge in [-0.1, -0.05) is 6.42 Å². The first kappa shape index (κ1) is 12.7. The molecule has 3 N–H and O–H groups in total. The second kappa shape index (κ2) is 6.99. The minimum absolute atomic E-state index is 0.352.